The van der Waals surface area contributed by atoms with Gasteiger partial charge in [0, 0.05) is 16.5 Å². The number of allylic oxidation sites excluding steroid dienone is 1. The zero-order valence-electron chi connectivity index (χ0n) is 17.3. The molecule has 1 amide bonds. The molecule has 4 heteroatoms. The molecule has 4 nitrogen and oxygen atoms in total. The second kappa shape index (κ2) is 6.47. The highest BCUT2D eigenvalue weighted by molar-refractivity contribution is 5.95. The Labute approximate surface area is 167 Å². The highest BCUT2D eigenvalue weighted by Crippen LogP contribution is 2.61. The van der Waals surface area contributed by atoms with Crippen molar-refractivity contribution in [2.75, 3.05) is 0 Å². The van der Waals surface area contributed by atoms with Crippen molar-refractivity contribution in [1.82, 2.24) is 5.32 Å². The van der Waals surface area contributed by atoms with Crippen LogP contribution >= 0.6 is 0 Å². The summed E-state index contributed by atoms with van der Waals surface area (Å²) in [5.41, 5.74) is 3.65. The summed E-state index contributed by atoms with van der Waals surface area (Å²) in [6.45, 7) is 8.37. The number of benzene rings is 1. The number of carbonyl (C=O) groups excluding carboxylic acids is 1. The lowest BCUT2D eigenvalue weighted by Crippen LogP contribution is -2.47. The molecule has 150 valence electrons. The Kier molecular flexibility index (Phi) is 4.44. The number of aromatic carboxylic acids is 1. The number of nitrogens with one attached hydrogen (secondary N) is 1. The Hall–Kier alpha value is -2.10. The predicted molar refractivity (Wildman–Crippen MR) is 109 cm³/mol. The zero-order valence-corrected chi connectivity index (χ0v) is 17.3. The van der Waals surface area contributed by atoms with Crippen molar-refractivity contribution >= 4 is 11.9 Å². The molecule has 4 rings (SSSR count). The Bertz CT molecular complexity index is 863. The van der Waals surface area contributed by atoms with Gasteiger partial charge in [-0.3, -0.25) is 4.79 Å². The van der Waals surface area contributed by atoms with E-state index in [1.807, 2.05) is 32.9 Å². The van der Waals surface area contributed by atoms with Crippen LogP contribution in [0.1, 0.15) is 80.8 Å². The molecule has 1 fully saturated rings. The maximum atomic E-state index is 12.9. The number of amides is 1. The van der Waals surface area contributed by atoms with E-state index in [2.05, 4.69) is 18.3 Å². The molecule has 0 spiro atoms. The standard InChI is InChI=1S/C24H31NO3/c1-23(2,3)25-21(26)20-10-9-19-18-8-5-14-13-15(22(27)28)6-7-16(14)17(18)11-12-24(19,20)4/h6-7,10,13,17-19H,5,8-9,11-12H2,1-4H3,(H,25,26)(H,27,28)/t17-,18-,19+,24+/m1/s1. The monoisotopic (exact) mass is 381 g/mol. The van der Waals surface area contributed by atoms with E-state index in [1.54, 1.807) is 6.07 Å². The summed E-state index contributed by atoms with van der Waals surface area (Å²) < 4.78 is 0. The van der Waals surface area contributed by atoms with Gasteiger partial charge in [0.2, 0.25) is 5.91 Å². The summed E-state index contributed by atoms with van der Waals surface area (Å²) in [5, 5.41) is 12.5. The molecular weight excluding hydrogens is 350 g/mol. The van der Waals surface area contributed by atoms with Crippen molar-refractivity contribution in [3.8, 4) is 0 Å². The lowest BCUT2D eigenvalue weighted by molar-refractivity contribution is -0.120. The normalized spacial score (nSPS) is 31.3. The zero-order chi connectivity index (χ0) is 20.3. The van der Waals surface area contributed by atoms with E-state index in [0.717, 1.165) is 37.7 Å². The lowest BCUT2D eigenvalue weighted by atomic mass is 9.54. The van der Waals surface area contributed by atoms with Gasteiger partial charge in [0.1, 0.15) is 0 Å². The minimum Gasteiger partial charge on any atom is -0.478 e. The molecule has 3 aliphatic rings. The molecule has 0 bridgehead atoms. The molecule has 0 saturated heterocycles. The number of hydrogen-bond acceptors (Lipinski definition) is 2. The van der Waals surface area contributed by atoms with Crippen molar-refractivity contribution in [3.63, 3.8) is 0 Å². The molecular formula is C24H31NO3. The van der Waals surface area contributed by atoms with E-state index < -0.39 is 5.97 Å². The number of aryl methyl sites for hydroxylation is 1. The van der Waals surface area contributed by atoms with Gasteiger partial charge >= 0.3 is 5.97 Å². The molecule has 1 saturated carbocycles. The van der Waals surface area contributed by atoms with Gasteiger partial charge in [-0.15, -0.1) is 0 Å². The van der Waals surface area contributed by atoms with E-state index in [1.165, 1.54) is 11.1 Å². The number of carbonyl (C=O) groups is 2. The number of carboxylic acids is 1. The SMILES string of the molecule is CC(C)(C)NC(=O)C1=CC[C@H]2[C@@H]3CCc4cc(C(=O)O)ccc4[C@H]3CC[C@]12C. The summed E-state index contributed by atoms with van der Waals surface area (Å²) >= 11 is 0. The van der Waals surface area contributed by atoms with Gasteiger partial charge < -0.3 is 10.4 Å². The molecule has 1 aromatic carbocycles. The van der Waals surface area contributed by atoms with Crippen LogP contribution in [0.3, 0.4) is 0 Å². The molecule has 2 N–H and O–H groups in total. The minimum atomic E-state index is -0.851. The molecule has 3 aliphatic carbocycles. The highest BCUT2D eigenvalue weighted by Gasteiger charge is 2.53. The number of carboxylic acid groups (broad SMARTS) is 1. The summed E-state index contributed by atoms with van der Waals surface area (Å²) in [7, 11) is 0. The Morgan fingerprint density at radius 2 is 1.96 bits per heavy atom. The van der Waals surface area contributed by atoms with Crippen molar-refractivity contribution in [2.24, 2.45) is 17.3 Å². The van der Waals surface area contributed by atoms with Gasteiger partial charge in [0.05, 0.1) is 5.56 Å². The third-order valence-electron chi connectivity index (χ3n) is 7.29. The van der Waals surface area contributed by atoms with Gasteiger partial charge in [-0.1, -0.05) is 19.1 Å². The van der Waals surface area contributed by atoms with Gasteiger partial charge in [-0.05, 0) is 93.9 Å². The minimum absolute atomic E-state index is 0.0466. The van der Waals surface area contributed by atoms with Gasteiger partial charge in [-0.25, -0.2) is 4.79 Å². The first-order chi connectivity index (χ1) is 13.1. The third-order valence-corrected chi connectivity index (χ3v) is 7.29. The smallest absolute Gasteiger partial charge is 0.335 e. The fraction of sp³-hybridized carbons (Fsp3) is 0.583. The van der Waals surface area contributed by atoms with Crippen molar-refractivity contribution in [3.05, 3.63) is 46.5 Å². The molecule has 28 heavy (non-hydrogen) atoms. The molecule has 0 aliphatic heterocycles. The Morgan fingerprint density at radius 1 is 1.21 bits per heavy atom. The van der Waals surface area contributed by atoms with Gasteiger partial charge in [-0.2, -0.15) is 0 Å². The van der Waals surface area contributed by atoms with Crippen molar-refractivity contribution in [2.45, 2.75) is 71.3 Å². The fourth-order valence-electron chi connectivity index (χ4n) is 6.04. The summed E-state index contributed by atoms with van der Waals surface area (Å²) in [4.78, 5) is 24.3. The molecule has 0 heterocycles. The molecule has 0 aromatic heterocycles. The fourth-order valence-corrected chi connectivity index (χ4v) is 6.04. The van der Waals surface area contributed by atoms with Crippen LogP contribution in [-0.2, 0) is 11.2 Å². The Balaban J connectivity index is 1.59. The predicted octanol–water partition coefficient (Wildman–Crippen LogP) is 4.69. The van der Waals surface area contributed by atoms with E-state index in [0.29, 0.717) is 23.3 Å². The first-order valence-electron chi connectivity index (χ1n) is 10.5. The van der Waals surface area contributed by atoms with E-state index in [9.17, 15) is 14.7 Å². The van der Waals surface area contributed by atoms with Crippen LogP contribution in [-0.4, -0.2) is 22.5 Å². The van der Waals surface area contributed by atoms with E-state index in [4.69, 9.17) is 0 Å². The summed E-state index contributed by atoms with van der Waals surface area (Å²) in [6, 6.07) is 5.68. The molecule has 0 radical (unpaired) electrons. The quantitative estimate of drug-likeness (QED) is 0.781. The van der Waals surface area contributed by atoms with Crippen molar-refractivity contribution < 1.29 is 14.7 Å². The summed E-state index contributed by atoms with van der Waals surface area (Å²) in [5.74, 6) is 0.800. The maximum absolute atomic E-state index is 12.9. The highest BCUT2D eigenvalue weighted by atomic mass is 16.4. The molecule has 1 aromatic rings. The average molecular weight is 382 g/mol. The number of rotatable bonds is 2. The van der Waals surface area contributed by atoms with Crippen LogP contribution in [0.2, 0.25) is 0 Å². The van der Waals surface area contributed by atoms with E-state index in [-0.39, 0.29) is 16.9 Å². The Morgan fingerprint density at radius 3 is 2.64 bits per heavy atom. The first kappa shape index (κ1) is 19.2. The van der Waals surface area contributed by atoms with Crippen molar-refractivity contribution in [1.29, 1.82) is 0 Å². The average Bonchev–Trinajstić information content (AvgIpc) is 2.96. The molecule has 4 atom stereocenters. The topological polar surface area (TPSA) is 66.4 Å². The third kappa shape index (κ3) is 3.07. The van der Waals surface area contributed by atoms with Crippen LogP contribution in [0, 0.1) is 17.3 Å². The maximum Gasteiger partial charge on any atom is 0.335 e. The second-order valence-corrected chi connectivity index (χ2v) is 10.1. The van der Waals surface area contributed by atoms with Gasteiger partial charge in [0.15, 0.2) is 0 Å². The molecule has 0 unspecified atom stereocenters. The van der Waals surface area contributed by atoms with Crippen LogP contribution in [0.25, 0.3) is 0 Å². The van der Waals surface area contributed by atoms with Crippen LogP contribution < -0.4 is 5.32 Å². The largest absolute Gasteiger partial charge is 0.478 e. The van der Waals surface area contributed by atoms with E-state index >= 15 is 0 Å². The first-order valence-corrected chi connectivity index (χ1v) is 10.5. The number of fused-ring (bicyclic) bond motifs is 5. The van der Waals surface area contributed by atoms with Crippen LogP contribution in [0.15, 0.2) is 29.8 Å². The van der Waals surface area contributed by atoms with Gasteiger partial charge in [0.25, 0.3) is 0 Å². The lowest BCUT2D eigenvalue weighted by Gasteiger charge is -2.50. The van der Waals surface area contributed by atoms with Crippen LogP contribution in [0.4, 0.5) is 0 Å². The van der Waals surface area contributed by atoms with Crippen LogP contribution in [0.5, 0.6) is 0 Å². The number of hydrogen-bond donors (Lipinski definition) is 2. The second-order valence-electron chi connectivity index (χ2n) is 10.1. The summed E-state index contributed by atoms with van der Waals surface area (Å²) in [6.07, 6.45) is 7.28.